The Kier molecular flexibility index (Phi) is 3.86. The monoisotopic (exact) mass is 420 g/mol. The van der Waals surface area contributed by atoms with Crippen LogP contribution >= 0.6 is 11.6 Å². The lowest BCUT2D eigenvalue weighted by atomic mass is 10.0. The molecule has 4 atom stereocenters. The number of nitrogens with zero attached hydrogens (tertiary/aromatic N) is 3. The van der Waals surface area contributed by atoms with E-state index in [1.807, 2.05) is 37.8 Å². The smallest absolute Gasteiger partial charge is 0.229 e. The van der Waals surface area contributed by atoms with Crippen molar-refractivity contribution in [2.75, 3.05) is 5.32 Å². The number of rotatable bonds is 5. The number of hydrogen-bond donors (Lipinski definition) is 1. The molecule has 2 aromatic heterocycles. The van der Waals surface area contributed by atoms with E-state index in [0.717, 1.165) is 27.8 Å². The average molecular weight is 421 g/mol. The summed E-state index contributed by atoms with van der Waals surface area (Å²) in [4.78, 5) is 17.5. The highest BCUT2D eigenvalue weighted by molar-refractivity contribution is 6.32. The number of benzene rings is 1. The molecule has 0 radical (unpaired) electrons. The van der Waals surface area contributed by atoms with Crippen LogP contribution in [0.1, 0.15) is 55.6 Å². The first-order chi connectivity index (χ1) is 14.5. The zero-order chi connectivity index (χ0) is 20.6. The van der Waals surface area contributed by atoms with Crippen molar-refractivity contribution in [3.8, 4) is 0 Å². The van der Waals surface area contributed by atoms with Crippen LogP contribution in [0.2, 0.25) is 5.02 Å². The van der Waals surface area contributed by atoms with Gasteiger partial charge in [-0.3, -0.25) is 9.48 Å². The Balaban J connectivity index is 1.24. The number of fused-ring (bicyclic) bond motifs is 1. The lowest BCUT2D eigenvalue weighted by Gasteiger charge is -2.09. The number of aryl methyl sites for hydroxylation is 1. The number of halogens is 1. The molecule has 3 aliphatic rings. The third-order valence-electron chi connectivity index (χ3n) is 7.60. The van der Waals surface area contributed by atoms with Crippen LogP contribution in [0, 0.1) is 17.3 Å². The molecule has 2 heterocycles. The second kappa shape index (κ2) is 6.30. The second-order valence-corrected chi connectivity index (χ2v) is 9.88. The van der Waals surface area contributed by atoms with E-state index < -0.39 is 0 Å². The van der Waals surface area contributed by atoms with Crippen molar-refractivity contribution < 1.29 is 4.79 Å². The molecular formula is C24H25ClN4O. The Bertz CT molecular complexity index is 1180. The first-order valence-electron chi connectivity index (χ1n) is 10.9. The maximum absolute atomic E-state index is 13.0. The highest BCUT2D eigenvalue weighted by Gasteiger charge is 2.63. The minimum absolute atomic E-state index is 0.0151. The molecule has 0 aliphatic heterocycles. The Labute approximate surface area is 180 Å². The molecule has 6 rings (SSSR count). The lowest BCUT2D eigenvalue weighted by molar-refractivity contribution is -0.117. The molecule has 6 heteroatoms. The molecule has 154 valence electrons. The first kappa shape index (κ1) is 18.4. The van der Waals surface area contributed by atoms with Crippen LogP contribution in [0.25, 0.3) is 10.8 Å². The Morgan fingerprint density at radius 3 is 2.77 bits per heavy atom. The molecule has 1 amide bonds. The van der Waals surface area contributed by atoms with Gasteiger partial charge in [-0.05, 0) is 71.2 Å². The van der Waals surface area contributed by atoms with Gasteiger partial charge >= 0.3 is 0 Å². The van der Waals surface area contributed by atoms with Gasteiger partial charge in [0, 0.05) is 41.7 Å². The predicted octanol–water partition coefficient (Wildman–Crippen LogP) is 5.27. The predicted molar refractivity (Wildman–Crippen MR) is 118 cm³/mol. The summed E-state index contributed by atoms with van der Waals surface area (Å²) in [5.41, 5.74) is 2.97. The van der Waals surface area contributed by atoms with Crippen LogP contribution in [0.3, 0.4) is 0 Å². The van der Waals surface area contributed by atoms with E-state index in [-0.39, 0.29) is 17.7 Å². The molecule has 3 fully saturated rings. The lowest BCUT2D eigenvalue weighted by Crippen LogP contribution is -2.16. The van der Waals surface area contributed by atoms with Gasteiger partial charge in [0.15, 0.2) is 0 Å². The molecule has 3 aliphatic carbocycles. The van der Waals surface area contributed by atoms with Crippen molar-refractivity contribution >= 4 is 34.1 Å². The summed E-state index contributed by atoms with van der Waals surface area (Å²) in [5.74, 6) is 1.88. The van der Waals surface area contributed by atoms with E-state index in [2.05, 4.69) is 28.4 Å². The molecule has 1 aromatic carbocycles. The maximum Gasteiger partial charge on any atom is 0.229 e. The van der Waals surface area contributed by atoms with Gasteiger partial charge in [0.05, 0.1) is 6.20 Å². The summed E-state index contributed by atoms with van der Waals surface area (Å²) in [6.07, 6.45) is 10.6. The van der Waals surface area contributed by atoms with Gasteiger partial charge in [0.25, 0.3) is 0 Å². The van der Waals surface area contributed by atoms with Gasteiger partial charge in [0.1, 0.15) is 5.82 Å². The number of carbonyl (C=O) groups is 1. The zero-order valence-corrected chi connectivity index (χ0v) is 18.0. The number of pyridine rings is 1. The van der Waals surface area contributed by atoms with Crippen molar-refractivity contribution in [1.29, 1.82) is 0 Å². The van der Waals surface area contributed by atoms with Gasteiger partial charge in [-0.15, -0.1) is 0 Å². The van der Waals surface area contributed by atoms with Crippen molar-refractivity contribution in [2.24, 2.45) is 24.3 Å². The van der Waals surface area contributed by atoms with Crippen molar-refractivity contribution in [2.45, 2.75) is 44.4 Å². The third kappa shape index (κ3) is 2.86. The van der Waals surface area contributed by atoms with Gasteiger partial charge in [-0.1, -0.05) is 24.9 Å². The quantitative estimate of drug-likeness (QED) is 0.611. The number of nitrogens with one attached hydrogen (secondary N) is 1. The van der Waals surface area contributed by atoms with Crippen molar-refractivity contribution in [3.63, 3.8) is 0 Å². The van der Waals surface area contributed by atoms with Crippen molar-refractivity contribution in [1.82, 2.24) is 14.8 Å². The summed E-state index contributed by atoms with van der Waals surface area (Å²) in [7, 11) is 1.91. The zero-order valence-electron chi connectivity index (χ0n) is 17.2. The van der Waals surface area contributed by atoms with Gasteiger partial charge in [-0.2, -0.15) is 5.10 Å². The molecule has 5 nitrogen and oxygen atoms in total. The highest BCUT2D eigenvalue weighted by atomic mass is 35.5. The molecule has 30 heavy (non-hydrogen) atoms. The van der Waals surface area contributed by atoms with E-state index in [1.165, 1.54) is 24.8 Å². The van der Waals surface area contributed by atoms with Gasteiger partial charge < -0.3 is 5.32 Å². The molecule has 3 saturated carbocycles. The van der Waals surface area contributed by atoms with Crippen LogP contribution in [-0.2, 0) is 11.8 Å². The standard InChI is InChI=1S/C24H25ClN4O/c1-3-16-21(15-11-27-29(2)12-15)22(16)23(30)28-20-8-13-6-17(18-9-24(18)4-5-24)19(25)7-14(13)10-26-20/h6-8,10-12,16,18,21-22H,3-5,9H2,1-2H3,(H,26,28,30)/t16-,18-,21+,22+/m0/s1. The van der Waals surface area contributed by atoms with Gasteiger partial charge in [-0.25, -0.2) is 4.98 Å². The van der Waals surface area contributed by atoms with E-state index >= 15 is 0 Å². The number of carbonyl (C=O) groups excluding carboxylic acids is 1. The molecule has 0 bridgehead atoms. The minimum atomic E-state index is -0.0151. The van der Waals surface area contributed by atoms with E-state index in [9.17, 15) is 4.79 Å². The fraction of sp³-hybridized carbons (Fsp3) is 0.458. The van der Waals surface area contributed by atoms with Crippen LogP contribution in [0.15, 0.2) is 36.8 Å². The van der Waals surface area contributed by atoms with Crippen LogP contribution in [0.4, 0.5) is 5.82 Å². The Hall–Kier alpha value is -2.40. The minimum Gasteiger partial charge on any atom is -0.310 e. The average Bonchev–Trinajstić information content (AvgIpc) is 3.67. The van der Waals surface area contributed by atoms with Crippen molar-refractivity contribution in [3.05, 3.63) is 52.9 Å². The molecular weight excluding hydrogens is 396 g/mol. The summed E-state index contributed by atoms with van der Waals surface area (Å²) in [6.45, 7) is 2.14. The summed E-state index contributed by atoms with van der Waals surface area (Å²) in [6, 6.07) is 6.21. The normalized spacial score (nSPS) is 28.0. The van der Waals surface area contributed by atoms with E-state index in [1.54, 1.807) is 4.68 Å². The molecule has 1 spiro atoms. The largest absolute Gasteiger partial charge is 0.310 e. The maximum atomic E-state index is 13.0. The SMILES string of the molecule is CC[C@@H]1[C@@H](C(=O)Nc2cc3cc([C@@H]4CC45CC5)c(Cl)cc3cn2)[C@@H]1c1cnn(C)c1. The number of amides is 1. The number of anilines is 1. The first-order valence-corrected chi connectivity index (χ1v) is 11.3. The van der Waals surface area contributed by atoms with E-state index in [4.69, 9.17) is 11.6 Å². The Morgan fingerprint density at radius 1 is 1.27 bits per heavy atom. The van der Waals surface area contributed by atoms with Crippen LogP contribution in [-0.4, -0.2) is 20.7 Å². The van der Waals surface area contributed by atoms with Gasteiger partial charge in [0.2, 0.25) is 5.91 Å². The fourth-order valence-electron chi connectivity index (χ4n) is 5.54. The fourth-order valence-corrected chi connectivity index (χ4v) is 5.84. The topological polar surface area (TPSA) is 59.8 Å². The Morgan fingerprint density at radius 2 is 2.10 bits per heavy atom. The third-order valence-corrected chi connectivity index (χ3v) is 7.93. The summed E-state index contributed by atoms with van der Waals surface area (Å²) in [5, 5.41) is 10.3. The molecule has 0 saturated heterocycles. The molecule has 1 N–H and O–H groups in total. The second-order valence-electron chi connectivity index (χ2n) is 9.47. The highest BCUT2D eigenvalue weighted by Crippen LogP contribution is 2.75. The van der Waals surface area contributed by atoms with Crippen LogP contribution in [0.5, 0.6) is 0 Å². The molecule has 3 aromatic rings. The number of aromatic nitrogens is 3. The number of hydrogen-bond acceptors (Lipinski definition) is 3. The summed E-state index contributed by atoms with van der Waals surface area (Å²) < 4.78 is 1.80. The van der Waals surface area contributed by atoms with E-state index in [0.29, 0.717) is 23.1 Å². The summed E-state index contributed by atoms with van der Waals surface area (Å²) >= 11 is 6.57. The molecule has 0 unspecified atom stereocenters. The van der Waals surface area contributed by atoms with Crippen LogP contribution < -0.4 is 5.32 Å².